The highest BCUT2D eigenvalue weighted by molar-refractivity contribution is 6.30. The summed E-state index contributed by atoms with van der Waals surface area (Å²) >= 11 is 5.48. The molecule has 1 aromatic carbocycles. The second-order valence-electron chi connectivity index (χ2n) is 2.79. The van der Waals surface area contributed by atoms with Crippen molar-refractivity contribution in [3.8, 4) is 0 Å². The maximum absolute atomic E-state index is 5.48. The van der Waals surface area contributed by atoms with Gasteiger partial charge in [0.25, 0.3) is 0 Å². The number of hydrogen-bond donors (Lipinski definition) is 0. The highest BCUT2D eigenvalue weighted by atomic mass is 35.5. The van der Waals surface area contributed by atoms with Crippen molar-refractivity contribution in [1.82, 2.24) is 4.98 Å². The first kappa shape index (κ1) is 11.5. The minimum Gasteiger partial charge on any atom is -0.263 e. The summed E-state index contributed by atoms with van der Waals surface area (Å²) in [5, 5.41) is 0.683. The normalized spacial score (nSPS) is 8.60. The molecule has 0 saturated carbocycles. The summed E-state index contributed by atoms with van der Waals surface area (Å²) < 4.78 is 0. The number of nitrogens with zero attached hydrogens (tertiary/aromatic N) is 1. The predicted molar refractivity (Wildman–Crippen MR) is 65.8 cm³/mol. The summed E-state index contributed by atoms with van der Waals surface area (Å²) in [4.78, 5) is 3.75. The standard InChI is InChI=1S/C8H8.C5H4ClN/c1-2-8-6-4-3-5-7-8;6-5-2-1-3-7-4-5/h2-7H,1H2;1-4H. The van der Waals surface area contributed by atoms with Gasteiger partial charge in [0.2, 0.25) is 0 Å². The maximum Gasteiger partial charge on any atom is 0.0589 e. The van der Waals surface area contributed by atoms with Crippen LogP contribution in [0.5, 0.6) is 0 Å². The molecule has 0 aliphatic heterocycles. The van der Waals surface area contributed by atoms with Crippen LogP contribution in [0.4, 0.5) is 0 Å². The minimum atomic E-state index is 0.683. The van der Waals surface area contributed by atoms with Crippen LogP contribution in [-0.2, 0) is 0 Å². The van der Waals surface area contributed by atoms with E-state index < -0.39 is 0 Å². The average molecular weight is 218 g/mol. The quantitative estimate of drug-likeness (QED) is 0.702. The van der Waals surface area contributed by atoms with Crippen molar-refractivity contribution in [3.05, 3.63) is 72.0 Å². The third kappa shape index (κ3) is 4.99. The molecular formula is C13H12ClN. The lowest BCUT2D eigenvalue weighted by Crippen LogP contribution is -1.64. The third-order valence-electron chi connectivity index (χ3n) is 1.66. The van der Waals surface area contributed by atoms with Crippen molar-refractivity contribution >= 4 is 17.7 Å². The van der Waals surface area contributed by atoms with Crippen LogP contribution in [-0.4, -0.2) is 4.98 Å². The van der Waals surface area contributed by atoms with Gasteiger partial charge in [-0.15, -0.1) is 0 Å². The van der Waals surface area contributed by atoms with Gasteiger partial charge >= 0.3 is 0 Å². The molecule has 2 aromatic rings. The number of halogens is 1. The maximum atomic E-state index is 5.48. The summed E-state index contributed by atoms with van der Waals surface area (Å²) in [6, 6.07) is 13.6. The minimum absolute atomic E-state index is 0.683. The summed E-state index contributed by atoms with van der Waals surface area (Å²) in [6.07, 6.45) is 5.12. The van der Waals surface area contributed by atoms with Crippen molar-refractivity contribution in [2.45, 2.75) is 0 Å². The molecule has 0 bridgehead atoms. The number of aromatic nitrogens is 1. The summed E-state index contributed by atoms with van der Waals surface area (Å²) in [5.74, 6) is 0. The van der Waals surface area contributed by atoms with E-state index in [9.17, 15) is 0 Å². The molecule has 0 radical (unpaired) electrons. The molecule has 15 heavy (non-hydrogen) atoms. The molecule has 1 nitrogen and oxygen atoms in total. The van der Waals surface area contributed by atoms with E-state index in [1.807, 2.05) is 36.4 Å². The Morgan fingerprint density at radius 3 is 2.13 bits per heavy atom. The summed E-state index contributed by atoms with van der Waals surface area (Å²) in [6.45, 7) is 3.63. The van der Waals surface area contributed by atoms with Crippen molar-refractivity contribution < 1.29 is 0 Å². The molecule has 2 rings (SSSR count). The van der Waals surface area contributed by atoms with E-state index in [4.69, 9.17) is 11.6 Å². The zero-order chi connectivity index (χ0) is 10.9. The average Bonchev–Trinajstić information content (AvgIpc) is 2.32. The molecule has 1 aromatic heterocycles. The van der Waals surface area contributed by atoms with Gasteiger partial charge in [-0.25, -0.2) is 0 Å². The Balaban J connectivity index is 0.000000151. The molecule has 0 N–H and O–H groups in total. The van der Waals surface area contributed by atoms with Crippen LogP contribution in [0, 0.1) is 0 Å². The van der Waals surface area contributed by atoms with Gasteiger partial charge in [-0.3, -0.25) is 4.98 Å². The number of pyridine rings is 1. The fraction of sp³-hybridized carbons (Fsp3) is 0. The van der Waals surface area contributed by atoms with Gasteiger partial charge in [-0.05, 0) is 17.7 Å². The lowest BCUT2D eigenvalue weighted by Gasteiger charge is -1.85. The Hall–Kier alpha value is -1.60. The van der Waals surface area contributed by atoms with E-state index in [2.05, 4.69) is 11.6 Å². The molecule has 0 saturated heterocycles. The lowest BCUT2D eigenvalue weighted by atomic mass is 10.2. The summed E-state index contributed by atoms with van der Waals surface area (Å²) in [5.41, 5.74) is 1.17. The zero-order valence-corrected chi connectivity index (χ0v) is 9.06. The fourth-order valence-electron chi connectivity index (χ4n) is 0.931. The molecule has 0 aliphatic rings. The van der Waals surface area contributed by atoms with Crippen LogP contribution >= 0.6 is 11.6 Å². The Labute approximate surface area is 95.1 Å². The van der Waals surface area contributed by atoms with E-state index in [0.717, 1.165) is 0 Å². The van der Waals surface area contributed by atoms with Gasteiger partial charge in [-0.1, -0.05) is 54.6 Å². The molecule has 0 aliphatic carbocycles. The molecule has 0 atom stereocenters. The van der Waals surface area contributed by atoms with Crippen LogP contribution in [0.15, 0.2) is 61.4 Å². The second kappa shape index (κ2) is 6.80. The topological polar surface area (TPSA) is 12.9 Å². The molecule has 0 unspecified atom stereocenters. The van der Waals surface area contributed by atoms with Crippen LogP contribution in [0.3, 0.4) is 0 Å². The van der Waals surface area contributed by atoms with Gasteiger partial charge in [0.15, 0.2) is 0 Å². The van der Waals surface area contributed by atoms with Crippen molar-refractivity contribution in [2.75, 3.05) is 0 Å². The molecule has 0 spiro atoms. The van der Waals surface area contributed by atoms with Gasteiger partial charge in [0, 0.05) is 12.4 Å². The molecule has 0 fully saturated rings. The first-order chi connectivity index (χ1) is 7.33. The van der Waals surface area contributed by atoms with E-state index in [-0.39, 0.29) is 0 Å². The number of benzene rings is 1. The van der Waals surface area contributed by atoms with Crippen molar-refractivity contribution in [1.29, 1.82) is 0 Å². The number of hydrogen-bond acceptors (Lipinski definition) is 1. The summed E-state index contributed by atoms with van der Waals surface area (Å²) in [7, 11) is 0. The molecular weight excluding hydrogens is 206 g/mol. The second-order valence-corrected chi connectivity index (χ2v) is 3.22. The number of rotatable bonds is 1. The smallest absolute Gasteiger partial charge is 0.0589 e. The SMILES string of the molecule is C=Cc1ccccc1.Clc1cccnc1. The first-order valence-corrected chi connectivity index (χ1v) is 4.93. The van der Waals surface area contributed by atoms with Gasteiger partial charge in [0.1, 0.15) is 0 Å². The first-order valence-electron chi connectivity index (χ1n) is 4.56. The lowest BCUT2D eigenvalue weighted by molar-refractivity contribution is 1.33. The highest BCUT2D eigenvalue weighted by Crippen LogP contribution is 2.01. The van der Waals surface area contributed by atoms with Crippen molar-refractivity contribution in [2.24, 2.45) is 0 Å². The molecule has 76 valence electrons. The molecule has 2 heteroatoms. The van der Waals surface area contributed by atoms with E-state index >= 15 is 0 Å². The van der Waals surface area contributed by atoms with Gasteiger partial charge in [-0.2, -0.15) is 0 Å². The Morgan fingerprint density at radius 2 is 1.80 bits per heavy atom. The Bertz CT molecular complexity index is 384. The van der Waals surface area contributed by atoms with Gasteiger partial charge < -0.3 is 0 Å². The van der Waals surface area contributed by atoms with Gasteiger partial charge in [0.05, 0.1) is 5.02 Å². The molecule has 0 amide bonds. The van der Waals surface area contributed by atoms with E-state index in [1.165, 1.54) is 5.56 Å². The Kier molecular flexibility index (Phi) is 5.20. The van der Waals surface area contributed by atoms with Crippen LogP contribution < -0.4 is 0 Å². The highest BCUT2D eigenvalue weighted by Gasteiger charge is 1.76. The fourth-order valence-corrected chi connectivity index (χ4v) is 1.06. The largest absolute Gasteiger partial charge is 0.263 e. The third-order valence-corrected chi connectivity index (χ3v) is 1.88. The predicted octanol–water partition coefficient (Wildman–Crippen LogP) is 4.06. The monoisotopic (exact) mass is 217 g/mol. The Morgan fingerprint density at radius 1 is 1.07 bits per heavy atom. The molecule has 1 heterocycles. The van der Waals surface area contributed by atoms with Crippen LogP contribution in [0.1, 0.15) is 5.56 Å². The van der Waals surface area contributed by atoms with E-state index in [0.29, 0.717) is 5.02 Å². The zero-order valence-electron chi connectivity index (χ0n) is 8.31. The van der Waals surface area contributed by atoms with Crippen molar-refractivity contribution in [3.63, 3.8) is 0 Å². The van der Waals surface area contributed by atoms with Crippen LogP contribution in [0.2, 0.25) is 5.02 Å². The van der Waals surface area contributed by atoms with E-state index in [1.54, 1.807) is 24.5 Å². The van der Waals surface area contributed by atoms with Crippen LogP contribution in [0.25, 0.3) is 6.08 Å².